The van der Waals surface area contributed by atoms with Crippen molar-refractivity contribution in [2.45, 2.75) is 32.9 Å². The molecule has 2 unspecified atom stereocenters. The van der Waals surface area contributed by atoms with Gasteiger partial charge in [-0.1, -0.05) is 13.8 Å². The molecule has 0 aromatic heterocycles. The molecule has 0 spiro atoms. The highest BCUT2D eigenvalue weighted by atomic mass is 15.3. The Morgan fingerprint density at radius 1 is 1.36 bits per heavy atom. The third-order valence-corrected chi connectivity index (χ3v) is 3.16. The van der Waals surface area contributed by atoms with Crippen molar-refractivity contribution in [1.29, 1.82) is 0 Å². The lowest BCUT2D eigenvalue weighted by atomic mass is 10.1. The molecule has 1 aliphatic rings. The van der Waals surface area contributed by atoms with Crippen LogP contribution in [0.4, 0.5) is 0 Å². The second kappa shape index (κ2) is 5.10. The quantitative estimate of drug-likeness (QED) is 0.723. The van der Waals surface area contributed by atoms with Crippen LogP contribution in [-0.4, -0.2) is 55.1 Å². The summed E-state index contributed by atoms with van der Waals surface area (Å²) in [4.78, 5) is 4.96. The van der Waals surface area contributed by atoms with Gasteiger partial charge < -0.3 is 5.73 Å². The number of rotatable bonds is 3. The lowest BCUT2D eigenvalue weighted by Gasteiger charge is -2.44. The molecule has 0 aromatic carbocycles. The van der Waals surface area contributed by atoms with E-state index in [4.69, 9.17) is 5.73 Å². The Morgan fingerprint density at radius 3 is 2.50 bits per heavy atom. The van der Waals surface area contributed by atoms with Crippen molar-refractivity contribution in [2.24, 2.45) is 11.7 Å². The minimum Gasteiger partial charge on any atom is -0.329 e. The van der Waals surface area contributed by atoms with Gasteiger partial charge >= 0.3 is 0 Å². The summed E-state index contributed by atoms with van der Waals surface area (Å²) in [5.74, 6) is 0.754. The number of hydrogen-bond donors (Lipinski definition) is 1. The third-order valence-electron chi connectivity index (χ3n) is 3.16. The first kappa shape index (κ1) is 12.0. The second-order valence-electron chi connectivity index (χ2n) is 5.02. The monoisotopic (exact) mass is 199 g/mol. The molecular formula is C11H25N3. The number of nitrogens with zero attached hydrogens (tertiary/aromatic N) is 2. The molecule has 1 fully saturated rings. The fourth-order valence-electron chi connectivity index (χ4n) is 2.27. The molecule has 3 heteroatoms. The van der Waals surface area contributed by atoms with Crippen molar-refractivity contribution >= 4 is 0 Å². The predicted octanol–water partition coefficient (Wildman–Crippen LogP) is 0.606. The van der Waals surface area contributed by atoms with E-state index in [0.717, 1.165) is 19.0 Å². The van der Waals surface area contributed by atoms with Crippen LogP contribution in [0.25, 0.3) is 0 Å². The van der Waals surface area contributed by atoms with E-state index in [1.54, 1.807) is 0 Å². The molecule has 14 heavy (non-hydrogen) atoms. The Bertz CT molecular complexity index is 170. The van der Waals surface area contributed by atoms with E-state index >= 15 is 0 Å². The maximum absolute atomic E-state index is 5.78. The lowest BCUT2D eigenvalue weighted by Crippen LogP contribution is -2.58. The molecule has 0 bridgehead atoms. The summed E-state index contributed by atoms with van der Waals surface area (Å²) in [6.45, 7) is 11.1. The van der Waals surface area contributed by atoms with E-state index < -0.39 is 0 Å². The summed E-state index contributed by atoms with van der Waals surface area (Å²) >= 11 is 0. The van der Waals surface area contributed by atoms with Crippen LogP contribution >= 0.6 is 0 Å². The largest absolute Gasteiger partial charge is 0.329 e. The van der Waals surface area contributed by atoms with Gasteiger partial charge in [-0.3, -0.25) is 9.80 Å². The van der Waals surface area contributed by atoms with Crippen LogP contribution in [0.15, 0.2) is 0 Å². The standard InChI is InChI=1S/C11H25N3/c1-9(2)6-14-7-10(3)13(4)11(5-12)8-14/h9-11H,5-8,12H2,1-4H3. The smallest absolute Gasteiger partial charge is 0.0346 e. The third kappa shape index (κ3) is 2.94. The average Bonchev–Trinajstić information content (AvgIpc) is 2.10. The van der Waals surface area contributed by atoms with Crippen molar-refractivity contribution in [3.8, 4) is 0 Å². The van der Waals surface area contributed by atoms with E-state index in [9.17, 15) is 0 Å². The van der Waals surface area contributed by atoms with Gasteiger partial charge in [-0.25, -0.2) is 0 Å². The highest BCUT2D eigenvalue weighted by Gasteiger charge is 2.28. The number of piperazine rings is 1. The molecule has 0 aromatic rings. The summed E-state index contributed by atoms with van der Waals surface area (Å²) in [6, 6.07) is 1.17. The van der Waals surface area contributed by atoms with E-state index in [-0.39, 0.29) is 0 Å². The van der Waals surface area contributed by atoms with E-state index in [1.165, 1.54) is 13.1 Å². The fraction of sp³-hybridized carbons (Fsp3) is 1.00. The van der Waals surface area contributed by atoms with Crippen molar-refractivity contribution < 1.29 is 0 Å². The van der Waals surface area contributed by atoms with Gasteiger partial charge in [-0.2, -0.15) is 0 Å². The molecule has 1 rings (SSSR count). The first-order valence-electron chi connectivity index (χ1n) is 5.69. The minimum absolute atomic E-state index is 0.539. The van der Waals surface area contributed by atoms with Crippen molar-refractivity contribution in [3.63, 3.8) is 0 Å². The topological polar surface area (TPSA) is 32.5 Å². The second-order valence-corrected chi connectivity index (χ2v) is 5.02. The summed E-state index contributed by atoms with van der Waals surface area (Å²) in [6.07, 6.45) is 0. The molecule has 1 heterocycles. The van der Waals surface area contributed by atoms with E-state index in [1.807, 2.05) is 0 Å². The van der Waals surface area contributed by atoms with Crippen LogP contribution in [0.5, 0.6) is 0 Å². The van der Waals surface area contributed by atoms with Crippen molar-refractivity contribution in [2.75, 3.05) is 33.2 Å². The first-order valence-corrected chi connectivity index (χ1v) is 5.69. The van der Waals surface area contributed by atoms with Gasteiger partial charge in [-0.15, -0.1) is 0 Å². The van der Waals surface area contributed by atoms with Crippen LogP contribution in [0.2, 0.25) is 0 Å². The van der Waals surface area contributed by atoms with Gasteiger partial charge in [0.1, 0.15) is 0 Å². The molecular weight excluding hydrogens is 174 g/mol. The zero-order chi connectivity index (χ0) is 10.7. The van der Waals surface area contributed by atoms with Crippen LogP contribution in [-0.2, 0) is 0 Å². The highest BCUT2D eigenvalue weighted by molar-refractivity contribution is 4.85. The molecule has 0 aliphatic carbocycles. The number of hydrogen-bond acceptors (Lipinski definition) is 3. The average molecular weight is 199 g/mol. The van der Waals surface area contributed by atoms with Gasteiger partial charge in [0.25, 0.3) is 0 Å². The zero-order valence-corrected chi connectivity index (χ0v) is 10.0. The minimum atomic E-state index is 0.539. The number of likely N-dealkylation sites (N-methyl/N-ethyl adjacent to an activating group) is 1. The SMILES string of the molecule is CC(C)CN1CC(C)N(C)C(CN)C1. The molecule has 1 aliphatic heterocycles. The first-order chi connectivity index (χ1) is 6.54. The molecule has 0 saturated carbocycles. The van der Waals surface area contributed by atoms with Gasteiger partial charge in [0, 0.05) is 38.3 Å². The van der Waals surface area contributed by atoms with Crippen molar-refractivity contribution in [1.82, 2.24) is 9.80 Å². The zero-order valence-electron chi connectivity index (χ0n) is 10.0. The van der Waals surface area contributed by atoms with Crippen molar-refractivity contribution in [3.05, 3.63) is 0 Å². The molecule has 2 atom stereocenters. The summed E-state index contributed by atoms with van der Waals surface area (Å²) in [7, 11) is 2.19. The summed E-state index contributed by atoms with van der Waals surface area (Å²) in [5.41, 5.74) is 5.78. The molecule has 2 N–H and O–H groups in total. The van der Waals surface area contributed by atoms with E-state index in [2.05, 4.69) is 37.6 Å². The van der Waals surface area contributed by atoms with Crippen LogP contribution in [0, 0.1) is 5.92 Å². The van der Waals surface area contributed by atoms with Gasteiger partial charge in [0.15, 0.2) is 0 Å². The molecule has 3 nitrogen and oxygen atoms in total. The van der Waals surface area contributed by atoms with Crippen LogP contribution in [0.3, 0.4) is 0 Å². The Hall–Kier alpha value is -0.120. The van der Waals surface area contributed by atoms with Gasteiger partial charge in [0.05, 0.1) is 0 Å². The maximum Gasteiger partial charge on any atom is 0.0346 e. The Labute approximate surface area is 88.2 Å². The predicted molar refractivity (Wildman–Crippen MR) is 61.3 cm³/mol. The van der Waals surface area contributed by atoms with E-state index in [0.29, 0.717) is 12.1 Å². The molecule has 0 radical (unpaired) electrons. The van der Waals surface area contributed by atoms with Gasteiger partial charge in [0.2, 0.25) is 0 Å². The number of nitrogens with two attached hydrogens (primary N) is 1. The fourth-order valence-corrected chi connectivity index (χ4v) is 2.27. The summed E-state index contributed by atoms with van der Waals surface area (Å²) in [5, 5.41) is 0. The molecule has 84 valence electrons. The Morgan fingerprint density at radius 2 is 2.00 bits per heavy atom. The van der Waals surface area contributed by atoms with Gasteiger partial charge in [-0.05, 0) is 19.9 Å². The Kier molecular flexibility index (Phi) is 4.35. The van der Waals surface area contributed by atoms with Crippen LogP contribution in [0.1, 0.15) is 20.8 Å². The maximum atomic E-state index is 5.78. The summed E-state index contributed by atoms with van der Waals surface area (Å²) < 4.78 is 0. The highest BCUT2D eigenvalue weighted by Crippen LogP contribution is 2.14. The molecule has 1 saturated heterocycles. The normalized spacial score (nSPS) is 31.3. The Balaban J connectivity index is 2.49. The molecule has 0 amide bonds. The van der Waals surface area contributed by atoms with Crippen LogP contribution < -0.4 is 5.73 Å². The lowest BCUT2D eigenvalue weighted by molar-refractivity contribution is 0.0491.